The molecule has 0 aliphatic carbocycles. The smallest absolute Gasteiger partial charge is 0.251 e. The van der Waals surface area contributed by atoms with Gasteiger partial charge in [-0.15, -0.1) is 0 Å². The molecule has 0 unspecified atom stereocenters. The second-order valence-corrected chi connectivity index (χ2v) is 4.33. The highest BCUT2D eigenvalue weighted by Crippen LogP contribution is 2.17. The molecular formula is C11H14BrN3O2. The number of anilines is 1. The zero-order valence-corrected chi connectivity index (χ0v) is 11.0. The van der Waals surface area contributed by atoms with Crippen molar-refractivity contribution >= 4 is 33.4 Å². The van der Waals surface area contributed by atoms with Crippen LogP contribution in [0.15, 0.2) is 22.7 Å². The third-order valence-corrected chi connectivity index (χ3v) is 2.42. The Labute approximate surface area is 108 Å². The third-order valence-electron chi connectivity index (χ3n) is 1.97. The molecule has 0 aliphatic rings. The fraction of sp³-hybridized carbons (Fsp3) is 0.273. The molecule has 0 fully saturated rings. The van der Waals surface area contributed by atoms with Gasteiger partial charge in [0, 0.05) is 22.3 Å². The Kier molecular flexibility index (Phi) is 4.96. The fourth-order valence-electron chi connectivity index (χ4n) is 1.27. The summed E-state index contributed by atoms with van der Waals surface area (Å²) in [5, 5.41) is 5.10. The molecule has 0 heterocycles. The van der Waals surface area contributed by atoms with E-state index in [1.54, 1.807) is 18.2 Å². The van der Waals surface area contributed by atoms with Crippen molar-refractivity contribution in [2.75, 3.05) is 18.8 Å². The van der Waals surface area contributed by atoms with Crippen LogP contribution >= 0.6 is 15.9 Å². The maximum atomic E-state index is 11.7. The van der Waals surface area contributed by atoms with E-state index in [1.165, 1.54) is 0 Å². The number of halogens is 1. The van der Waals surface area contributed by atoms with Crippen LogP contribution in [-0.2, 0) is 4.79 Å². The summed E-state index contributed by atoms with van der Waals surface area (Å²) in [6.07, 6.45) is 0. The molecular weight excluding hydrogens is 286 g/mol. The summed E-state index contributed by atoms with van der Waals surface area (Å²) in [5.74, 6) is -0.548. The van der Waals surface area contributed by atoms with Gasteiger partial charge in [0.25, 0.3) is 5.91 Å². The molecule has 1 rings (SSSR count). The van der Waals surface area contributed by atoms with E-state index in [0.717, 1.165) is 4.47 Å². The molecule has 1 aromatic rings. The summed E-state index contributed by atoms with van der Waals surface area (Å²) in [4.78, 5) is 22.8. The first-order valence-electron chi connectivity index (χ1n) is 5.14. The van der Waals surface area contributed by atoms with E-state index in [2.05, 4.69) is 26.6 Å². The maximum absolute atomic E-state index is 11.7. The van der Waals surface area contributed by atoms with Crippen molar-refractivity contribution in [3.8, 4) is 0 Å². The van der Waals surface area contributed by atoms with Gasteiger partial charge in [0.1, 0.15) is 0 Å². The Balaban J connectivity index is 2.61. The molecule has 92 valence electrons. The number of likely N-dealkylation sites (N-methyl/N-ethyl adjacent to an activating group) is 1. The van der Waals surface area contributed by atoms with E-state index < -0.39 is 0 Å². The number of carbonyl (C=O) groups excluding carboxylic acids is 2. The molecule has 0 radical (unpaired) electrons. The number of nitrogens with two attached hydrogens (primary N) is 1. The minimum atomic E-state index is -0.329. The van der Waals surface area contributed by atoms with Crippen LogP contribution in [0.3, 0.4) is 0 Å². The van der Waals surface area contributed by atoms with E-state index in [0.29, 0.717) is 17.8 Å². The molecule has 0 aliphatic heterocycles. The standard InChI is InChI=1S/C11H14BrN3O2/c1-2-14-10(16)6-15-11(17)7-3-8(12)5-9(13)4-7/h3-5H,2,6,13H2,1H3,(H,14,16)(H,15,17). The number of rotatable bonds is 4. The summed E-state index contributed by atoms with van der Waals surface area (Å²) in [7, 11) is 0. The van der Waals surface area contributed by atoms with Crippen LogP contribution < -0.4 is 16.4 Å². The average Bonchev–Trinajstić information content (AvgIpc) is 2.25. The van der Waals surface area contributed by atoms with Crippen molar-refractivity contribution < 1.29 is 9.59 Å². The van der Waals surface area contributed by atoms with Gasteiger partial charge in [-0.25, -0.2) is 0 Å². The summed E-state index contributed by atoms with van der Waals surface area (Å²) in [6, 6.07) is 4.89. The number of nitrogen functional groups attached to an aromatic ring is 1. The highest BCUT2D eigenvalue weighted by molar-refractivity contribution is 9.10. The van der Waals surface area contributed by atoms with Gasteiger partial charge in [0.15, 0.2) is 0 Å². The Morgan fingerprint density at radius 3 is 2.59 bits per heavy atom. The number of amides is 2. The molecule has 4 N–H and O–H groups in total. The van der Waals surface area contributed by atoms with Gasteiger partial charge in [-0.2, -0.15) is 0 Å². The third kappa shape index (κ3) is 4.44. The second kappa shape index (κ2) is 6.24. The van der Waals surface area contributed by atoms with E-state index in [1.807, 2.05) is 6.92 Å². The van der Waals surface area contributed by atoms with E-state index >= 15 is 0 Å². The lowest BCUT2D eigenvalue weighted by atomic mass is 10.2. The summed E-state index contributed by atoms with van der Waals surface area (Å²) >= 11 is 3.25. The van der Waals surface area contributed by atoms with Crippen molar-refractivity contribution in [2.45, 2.75) is 6.92 Å². The molecule has 0 bridgehead atoms. The summed E-state index contributed by atoms with van der Waals surface area (Å²) in [6.45, 7) is 2.31. The van der Waals surface area contributed by atoms with Crippen LogP contribution in [0.2, 0.25) is 0 Å². The van der Waals surface area contributed by atoms with Crippen LogP contribution in [0.5, 0.6) is 0 Å². The molecule has 6 heteroatoms. The zero-order valence-electron chi connectivity index (χ0n) is 9.42. The summed E-state index contributed by atoms with van der Waals surface area (Å²) in [5.41, 5.74) is 6.52. The van der Waals surface area contributed by atoms with Crippen molar-refractivity contribution in [3.05, 3.63) is 28.2 Å². The Bertz CT molecular complexity index is 414. The molecule has 1 aromatic carbocycles. The van der Waals surface area contributed by atoms with Gasteiger partial charge < -0.3 is 16.4 Å². The SMILES string of the molecule is CCNC(=O)CNC(=O)c1cc(N)cc(Br)c1. The van der Waals surface area contributed by atoms with Crippen molar-refractivity contribution in [1.29, 1.82) is 0 Å². The Hall–Kier alpha value is -1.56. The van der Waals surface area contributed by atoms with E-state index in [4.69, 9.17) is 5.73 Å². The first-order valence-corrected chi connectivity index (χ1v) is 5.93. The lowest BCUT2D eigenvalue weighted by molar-refractivity contribution is -0.120. The average molecular weight is 300 g/mol. The first-order chi connectivity index (χ1) is 8.02. The van der Waals surface area contributed by atoms with Crippen molar-refractivity contribution in [3.63, 3.8) is 0 Å². The number of hydrogen-bond donors (Lipinski definition) is 3. The fourth-order valence-corrected chi connectivity index (χ4v) is 1.78. The topological polar surface area (TPSA) is 84.2 Å². The van der Waals surface area contributed by atoms with Crippen LogP contribution in [0.25, 0.3) is 0 Å². The van der Waals surface area contributed by atoms with Crippen LogP contribution in [0, 0.1) is 0 Å². The lowest BCUT2D eigenvalue weighted by Gasteiger charge is -2.06. The molecule has 0 aromatic heterocycles. The zero-order chi connectivity index (χ0) is 12.8. The van der Waals surface area contributed by atoms with Crippen LogP contribution in [0.1, 0.15) is 17.3 Å². The predicted molar refractivity (Wildman–Crippen MR) is 69.6 cm³/mol. The van der Waals surface area contributed by atoms with Gasteiger partial charge >= 0.3 is 0 Å². The number of nitrogens with one attached hydrogen (secondary N) is 2. The summed E-state index contributed by atoms with van der Waals surface area (Å²) < 4.78 is 0.723. The second-order valence-electron chi connectivity index (χ2n) is 3.41. The molecule has 0 saturated carbocycles. The minimum Gasteiger partial charge on any atom is -0.399 e. The normalized spacial score (nSPS) is 9.76. The van der Waals surface area contributed by atoms with Gasteiger partial charge in [-0.3, -0.25) is 9.59 Å². The highest BCUT2D eigenvalue weighted by Gasteiger charge is 2.08. The molecule has 0 atom stereocenters. The van der Waals surface area contributed by atoms with Gasteiger partial charge in [-0.1, -0.05) is 15.9 Å². The van der Waals surface area contributed by atoms with Crippen molar-refractivity contribution in [2.24, 2.45) is 0 Å². The van der Waals surface area contributed by atoms with Crippen LogP contribution in [0.4, 0.5) is 5.69 Å². The lowest BCUT2D eigenvalue weighted by Crippen LogP contribution is -2.36. The maximum Gasteiger partial charge on any atom is 0.251 e. The molecule has 0 spiro atoms. The largest absolute Gasteiger partial charge is 0.399 e. The molecule has 2 amide bonds. The molecule has 17 heavy (non-hydrogen) atoms. The number of carbonyl (C=O) groups is 2. The van der Waals surface area contributed by atoms with Crippen molar-refractivity contribution in [1.82, 2.24) is 10.6 Å². The minimum absolute atomic E-state index is 0.0426. The number of hydrogen-bond acceptors (Lipinski definition) is 3. The number of benzene rings is 1. The van der Waals surface area contributed by atoms with Gasteiger partial charge in [-0.05, 0) is 25.1 Å². The van der Waals surface area contributed by atoms with Crippen LogP contribution in [-0.4, -0.2) is 24.9 Å². The van der Waals surface area contributed by atoms with E-state index in [9.17, 15) is 9.59 Å². The monoisotopic (exact) mass is 299 g/mol. The van der Waals surface area contributed by atoms with E-state index in [-0.39, 0.29) is 18.4 Å². The van der Waals surface area contributed by atoms with Gasteiger partial charge in [0.2, 0.25) is 5.91 Å². The molecule has 0 saturated heterocycles. The van der Waals surface area contributed by atoms with Gasteiger partial charge in [0.05, 0.1) is 6.54 Å². The highest BCUT2D eigenvalue weighted by atomic mass is 79.9. The Morgan fingerprint density at radius 2 is 2.00 bits per heavy atom. The quantitative estimate of drug-likeness (QED) is 0.722. The Morgan fingerprint density at radius 1 is 1.29 bits per heavy atom. The molecule has 5 nitrogen and oxygen atoms in total. The predicted octanol–water partition coefficient (Wildman–Crippen LogP) is 0.897. The first kappa shape index (κ1) is 13.5.